The van der Waals surface area contributed by atoms with Crippen molar-refractivity contribution in [3.8, 4) is 5.69 Å². The van der Waals surface area contributed by atoms with Crippen molar-refractivity contribution in [3.05, 3.63) is 90.9 Å². The molecule has 1 amide bonds. The molecule has 2 N–H and O–H groups in total. The summed E-state index contributed by atoms with van der Waals surface area (Å²) in [4.78, 5) is 37.5. The number of ether oxygens (including phenoxy) is 1. The molecule has 41 heavy (non-hydrogen) atoms. The number of carbonyl (C=O) groups is 2. The number of aliphatic carboxylic acids is 1. The minimum Gasteiger partial charge on any atom is -0.480 e. The van der Waals surface area contributed by atoms with Gasteiger partial charge in [0.2, 0.25) is 9.84 Å². The highest BCUT2D eigenvalue weighted by atomic mass is 32.2. The van der Waals surface area contributed by atoms with Gasteiger partial charge in [0.1, 0.15) is 30.6 Å². The van der Waals surface area contributed by atoms with E-state index < -0.39 is 39.4 Å². The molecule has 4 aromatic rings. The molecule has 14 heteroatoms. The van der Waals surface area contributed by atoms with Gasteiger partial charge in [-0.05, 0) is 62.7 Å². The van der Waals surface area contributed by atoms with Crippen LogP contribution in [0, 0.1) is 0 Å². The molecule has 0 aliphatic heterocycles. The molecule has 0 saturated heterocycles. The van der Waals surface area contributed by atoms with Gasteiger partial charge in [0.15, 0.2) is 5.37 Å². The van der Waals surface area contributed by atoms with Crippen LogP contribution >= 0.6 is 0 Å². The van der Waals surface area contributed by atoms with Crippen LogP contribution in [-0.4, -0.2) is 62.5 Å². The lowest BCUT2D eigenvalue weighted by Crippen LogP contribution is -2.40. The van der Waals surface area contributed by atoms with Crippen LogP contribution in [0.5, 0.6) is 0 Å². The highest BCUT2D eigenvalue weighted by Gasteiger charge is 2.32. The number of carbonyl (C=O) groups excluding carboxylic acids is 1. The van der Waals surface area contributed by atoms with Gasteiger partial charge in [-0.1, -0.05) is 18.2 Å². The lowest BCUT2D eigenvalue weighted by atomic mass is 10.2. The number of hydrogen-bond donors (Lipinski definition) is 2. The van der Waals surface area contributed by atoms with Crippen LogP contribution in [-0.2, 0) is 25.9 Å². The normalized spacial score (nSPS) is 12.5. The first-order valence-corrected chi connectivity index (χ1v) is 14.0. The third-order valence-electron chi connectivity index (χ3n) is 5.59. The Bertz CT molecular complexity index is 1590. The summed E-state index contributed by atoms with van der Waals surface area (Å²) in [5.74, 6) is -1.38. The molecule has 0 saturated carbocycles. The number of benzene rings is 1. The number of rotatable bonds is 10. The smallest absolute Gasteiger partial charge is 0.416 e. The number of anilines is 1. The van der Waals surface area contributed by atoms with Crippen molar-refractivity contribution >= 4 is 27.7 Å². The van der Waals surface area contributed by atoms with E-state index in [0.29, 0.717) is 0 Å². The van der Waals surface area contributed by atoms with Gasteiger partial charge in [0, 0.05) is 18.9 Å². The minimum absolute atomic E-state index is 0.0410. The Morgan fingerprint density at radius 2 is 1.83 bits per heavy atom. The molecule has 1 aromatic carbocycles. The van der Waals surface area contributed by atoms with E-state index in [1.165, 1.54) is 49.1 Å². The highest BCUT2D eigenvalue weighted by Crippen LogP contribution is 2.28. The summed E-state index contributed by atoms with van der Waals surface area (Å²) in [6, 6.07) is 14.6. The molecular formula is C27H29N7O6S. The van der Waals surface area contributed by atoms with Crippen LogP contribution in [0.4, 0.5) is 10.6 Å². The van der Waals surface area contributed by atoms with Crippen LogP contribution < -0.4 is 10.2 Å². The third kappa shape index (κ3) is 7.49. The van der Waals surface area contributed by atoms with E-state index in [1.807, 2.05) is 24.3 Å². The second kappa shape index (κ2) is 12.2. The van der Waals surface area contributed by atoms with Crippen LogP contribution in [0.25, 0.3) is 5.69 Å². The van der Waals surface area contributed by atoms with E-state index >= 15 is 0 Å². The largest absolute Gasteiger partial charge is 0.480 e. The Kier molecular flexibility index (Phi) is 8.74. The van der Waals surface area contributed by atoms with E-state index in [4.69, 9.17) is 4.74 Å². The molecule has 3 aromatic heterocycles. The molecule has 3 heterocycles. The number of amides is 1. The van der Waals surface area contributed by atoms with Gasteiger partial charge in [0.05, 0.1) is 16.3 Å². The summed E-state index contributed by atoms with van der Waals surface area (Å²) in [5.41, 5.74) is 0.700. The van der Waals surface area contributed by atoms with Crippen molar-refractivity contribution in [2.45, 2.75) is 43.2 Å². The molecule has 1 atom stereocenters. The van der Waals surface area contributed by atoms with Gasteiger partial charge in [-0.3, -0.25) is 20.0 Å². The maximum atomic E-state index is 13.8. The molecule has 0 radical (unpaired) electrons. The van der Waals surface area contributed by atoms with Gasteiger partial charge < -0.3 is 9.84 Å². The maximum Gasteiger partial charge on any atom is 0.416 e. The zero-order valence-electron chi connectivity index (χ0n) is 22.6. The van der Waals surface area contributed by atoms with E-state index in [9.17, 15) is 23.1 Å². The fourth-order valence-electron chi connectivity index (χ4n) is 3.77. The summed E-state index contributed by atoms with van der Waals surface area (Å²) in [6.45, 7) is 4.33. The highest BCUT2D eigenvalue weighted by molar-refractivity contribution is 7.91. The Morgan fingerprint density at radius 3 is 2.44 bits per heavy atom. The summed E-state index contributed by atoms with van der Waals surface area (Å²) in [6.07, 6.45) is 4.74. The molecule has 0 spiro atoms. The average Bonchev–Trinajstić information content (AvgIpc) is 3.47. The standard InChI is InChI=1S/C27H29N7O6S/c1-27(2,3)40-26(37)33(16-24(35)36)23-8-4-7-22(32-23)25(41(38,39)21-6-5-13-28-15-21)30-14-19-9-11-20(12-10-19)34-18-29-17-31-34/h4-13,15,17-18,25,30H,14,16H2,1-3H3,(H,35,36). The number of aromatic nitrogens is 5. The van der Waals surface area contributed by atoms with E-state index in [2.05, 4.69) is 25.4 Å². The Labute approximate surface area is 236 Å². The molecule has 0 aliphatic rings. The first-order chi connectivity index (χ1) is 19.4. The van der Waals surface area contributed by atoms with Crippen molar-refractivity contribution in [1.29, 1.82) is 0 Å². The van der Waals surface area contributed by atoms with Crippen LogP contribution in [0.3, 0.4) is 0 Å². The second-order valence-electron chi connectivity index (χ2n) is 9.88. The number of hydrogen-bond acceptors (Lipinski definition) is 10. The lowest BCUT2D eigenvalue weighted by molar-refractivity contribution is -0.135. The molecule has 4 rings (SSSR count). The summed E-state index contributed by atoms with van der Waals surface area (Å²) in [5, 5.41) is 15.2. The summed E-state index contributed by atoms with van der Waals surface area (Å²) < 4.78 is 34.5. The topological polar surface area (TPSA) is 170 Å². The van der Waals surface area contributed by atoms with Crippen LogP contribution in [0.1, 0.15) is 37.4 Å². The molecule has 0 fully saturated rings. The first kappa shape index (κ1) is 29.3. The molecule has 13 nitrogen and oxygen atoms in total. The van der Waals surface area contributed by atoms with Gasteiger partial charge >= 0.3 is 12.1 Å². The van der Waals surface area contributed by atoms with Crippen LogP contribution in [0.15, 0.2) is 84.5 Å². The number of nitrogens with one attached hydrogen (secondary N) is 1. The SMILES string of the molecule is CC(C)(C)OC(=O)N(CC(=O)O)c1cccc(C(NCc2ccc(-n3cncn3)cc2)S(=O)(=O)c2cccnc2)n1. The maximum absolute atomic E-state index is 13.8. The molecular weight excluding hydrogens is 550 g/mol. The van der Waals surface area contributed by atoms with Gasteiger partial charge in [-0.25, -0.2) is 27.9 Å². The quantitative estimate of drug-likeness (QED) is 0.283. The second-order valence-corrected chi connectivity index (χ2v) is 11.9. The van der Waals surface area contributed by atoms with E-state index in [0.717, 1.165) is 16.2 Å². The Balaban J connectivity index is 1.68. The van der Waals surface area contributed by atoms with Gasteiger partial charge in [-0.15, -0.1) is 0 Å². The number of sulfone groups is 1. The van der Waals surface area contributed by atoms with E-state index in [-0.39, 0.29) is 23.0 Å². The molecule has 0 bridgehead atoms. The average molecular weight is 580 g/mol. The molecule has 1 unspecified atom stereocenters. The molecule has 214 valence electrons. The first-order valence-electron chi connectivity index (χ1n) is 12.4. The summed E-state index contributed by atoms with van der Waals surface area (Å²) >= 11 is 0. The van der Waals surface area contributed by atoms with Crippen molar-refractivity contribution in [2.24, 2.45) is 0 Å². The molecule has 0 aliphatic carbocycles. The third-order valence-corrected chi connectivity index (χ3v) is 7.52. The zero-order chi connectivity index (χ0) is 29.6. The number of carboxylic acid groups (broad SMARTS) is 1. The lowest BCUT2D eigenvalue weighted by Gasteiger charge is -2.26. The van der Waals surface area contributed by atoms with Gasteiger partial charge in [-0.2, -0.15) is 5.10 Å². The number of pyridine rings is 2. The fraction of sp³-hybridized carbons (Fsp3) is 0.259. The monoisotopic (exact) mass is 579 g/mol. The van der Waals surface area contributed by atoms with Crippen molar-refractivity contribution in [2.75, 3.05) is 11.4 Å². The predicted molar refractivity (Wildman–Crippen MR) is 148 cm³/mol. The van der Waals surface area contributed by atoms with Gasteiger partial charge in [0.25, 0.3) is 0 Å². The minimum atomic E-state index is -4.09. The van der Waals surface area contributed by atoms with Crippen molar-refractivity contribution in [1.82, 2.24) is 30.0 Å². The number of nitrogens with zero attached hydrogens (tertiary/aromatic N) is 6. The Morgan fingerprint density at radius 1 is 1.07 bits per heavy atom. The Hall–Kier alpha value is -4.69. The predicted octanol–water partition coefficient (Wildman–Crippen LogP) is 3.15. The van der Waals surface area contributed by atoms with E-state index in [1.54, 1.807) is 31.8 Å². The fourth-order valence-corrected chi connectivity index (χ4v) is 5.27. The summed E-state index contributed by atoms with van der Waals surface area (Å²) in [7, 11) is -4.09. The zero-order valence-corrected chi connectivity index (χ0v) is 23.4. The van der Waals surface area contributed by atoms with Crippen molar-refractivity contribution < 1.29 is 27.9 Å². The van der Waals surface area contributed by atoms with Crippen LogP contribution in [0.2, 0.25) is 0 Å². The van der Waals surface area contributed by atoms with Crippen molar-refractivity contribution in [3.63, 3.8) is 0 Å². The number of carboxylic acids is 1.